The first-order valence-corrected chi connectivity index (χ1v) is 9.38. The van der Waals surface area contributed by atoms with Gasteiger partial charge in [0.2, 0.25) is 0 Å². The van der Waals surface area contributed by atoms with Crippen LogP contribution in [0.3, 0.4) is 0 Å². The lowest BCUT2D eigenvalue weighted by Crippen LogP contribution is -2.27. The first-order valence-electron chi connectivity index (χ1n) is 9.38. The molecule has 0 radical (unpaired) electrons. The van der Waals surface area contributed by atoms with Gasteiger partial charge in [0.1, 0.15) is 0 Å². The third-order valence-electron chi connectivity index (χ3n) is 4.50. The van der Waals surface area contributed by atoms with Crippen molar-refractivity contribution in [3.8, 4) is 0 Å². The van der Waals surface area contributed by atoms with E-state index >= 15 is 0 Å². The summed E-state index contributed by atoms with van der Waals surface area (Å²) in [5.74, 6) is -0.372. The van der Waals surface area contributed by atoms with Crippen LogP contribution >= 0.6 is 0 Å². The molecule has 2 amide bonds. The highest BCUT2D eigenvalue weighted by Gasteiger charge is 2.10. The van der Waals surface area contributed by atoms with Crippen LogP contribution in [0.15, 0.2) is 78.9 Å². The second kappa shape index (κ2) is 9.51. The predicted molar refractivity (Wildman–Crippen MR) is 111 cm³/mol. The summed E-state index contributed by atoms with van der Waals surface area (Å²) in [5.41, 5.74) is 4.35. The van der Waals surface area contributed by atoms with Gasteiger partial charge in [0.05, 0.1) is 0 Å². The number of nitrogens with one attached hydrogen (secondary N) is 2. The minimum Gasteiger partial charge on any atom is -0.352 e. The minimum absolute atomic E-state index is 0.177. The fourth-order valence-electron chi connectivity index (χ4n) is 2.86. The van der Waals surface area contributed by atoms with E-state index in [0.29, 0.717) is 24.2 Å². The quantitative estimate of drug-likeness (QED) is 0.661. The summed E-state index contributed by atoms with van der Waals surface area (Å²) in [4.78, 5) is 24.8. The van der Waals surface area contributed by atoms with E-state index in [4.69, 9.17) is 0 Å². The van der Waals surface area contributed by atoms with Gasteiger partial charge in [0.15, 0.2) is 0 Å². The molecule has 0 aromatic heterocycles. The molecule has 0 atom stereocenters. The Kier molecular flexibility index (Phi) is 6.58. The second-order valence-corrected chi connectivity index (χ2v) is 6.74. The molecule has 2 N–H and O–H groups in total. The highest BCUT2D eigenvalue weighted by molar-refractivity contribution is 5.99. The number of aryl methyl sites for hydroxylation is 1. The Bertz CT molecular complexity index is 934. The van der Waals surface area contributed by atoms with Crippen LogP contribution in [-0.2, 0) is 13.0 Å². The van der Waals surface area contributed by atoms with E-state index in [1.165, 1.54) is 11.1 Å². The highest BCUT2D eigenvalue weighted by atomic mass is 16.2. The van der Waals surface area contributed by atoms with Crippen LogP contribution in [0.2, 0.25) is 0 Å². The van der Waals surface area contributed by atoms with Gasteiger partial charge < -0.3 is 10.6 Å². The SMILES string of the molecule is Cc1ccc(CNC(=O)c2cccc(C(=O)NCCc3ccccc3)c2)cc1. The van der Waals surface area contributed by atoms with Crippen LogP contribution in [0.5, 0.6) is 0 Å². The van der Waals surface area contributed by atoms with E-state index in [-0.39, 0.29) is 11.8 Å². The van der Waals surface area contributed by atoms with Crippen molar-refractivity contribution in [2.75, 3.05) is 6.54 Å². The first-order chi connectivity index (χ1) is 13.6. The maximum absolute atomic E-state index is 12.4. The number of amides is 2. The van der Waals surface area contributed by atoms with Crippen LogP contribution in [0.25, 0.3) is 0 Å². The van der Waals surface area contributed by atoms with Crippen molar-refractivity contribution in [2.24, 2.45) is 0 Å². The van der Waals surface area contributed by atoms with Crippen molar-refractivity contribution < 1.29 is 9.59 Å². The van der Waals surface area contributed by atoms with Gasteiger partial charge in [-0.1, -0.05) is 66.2 Å². The Balaban J connectivity index is 1.54. The minimum atomic E-state index is -0.195. The number of carbonyl (C=O) groups is 2. The van der Waals surface area contributed by atoms with E-state index in [1.807, 2.05) is 61.5 Å². The summed E-state index contributed by atoms with van der Waals surface area (Å²) < 4.78 is 0. The third-order valence-corrected chi connectivity index (χ3v) is 4.50. The van der Waals surface area contributed by atoms with Crippen molar-refractivity contribution in [3.05, 3.63) is 107 Å². The van der Waals surface area contributed by atoms with Crippen molar-refractivity contribution >= 4 is 11.8 Å². The molecule has 0 aliphatic heterocycles. The topological polar surface area (TPSA) is 58.2 Å². The smallest absolute Gasteiger partial charge is 0.251 e. The lowest BCUT2D eigenvalue weighted by Gasteiger charge is -2.08. The van der Waals surface area contributed by atoms with Crippen LogP contribution in [0.1, 0.15) is 37.4 Å². The van der Waals surface area contributed by atoms with E-state index in [2.05, 4.69) is 10.6 Å². The zero-order chi connectivity index (χ0) is 19.8. The van der Waals surface area contributed by atoms with Gasteiger partial charge in [-0.05, 0) is 42.7 Å². The number of hydrogen-bond acceptors (Lipinski definition) is 2. The van der Waals surface area contributed by atoms with Gasteiger partial charge in [0, 0.05) is 24.2 Å². The van der Waals surface area contributed by atoms with E-state index in [9.17, 15) is 9.59 Å². The molecule has 4 nitrogen and oxygen atoms in total. The maximum atomic E-state index is 12.4. The molecule has 3 aromatic carbocycles. The summed E-state index contributed by atoms with van der Waals surface area (Å²) in [6, 6.07) is 24.8. The second-order valence-electron chi connectivity index (χ2n) is 6.74. The molecule has 0 aliphatic rings. The van der Waals surface area contributed by atoms with Crippen molar-refractivity contribution in [3.63, 3.8) is 0 Å². The molecule has 0 saturated carbocycles. The average molecular weight is 372 g/mol. The summed E-state index contributed by atoms with van der Waals surface area (Å²) in [6.45, 7) is 3.03. The standard InChI is InChI=1S/C24H24N2O2/c1-18-10-12-20(13-11-18)17-26-24(28)22-9-5-8-21(16-22)23(27)25-15-14-19-6-3-2-4-7-19/h2-13,16H,14-15,17H2,1H3,(H,25,27)(H,26,28). The largest absolute Gasteiger partial charge is 0.352 e. The molecule has 0 unspecified atom stereocenters. The molecule has 4 heteroatoms. The summed E-state index contributed by atoms with van der Waals surface area (Å²) in [6.07, 6.45) is 0.767. The van der Waals surface area contributed by atoms with Crippen molar-refractivity contribution in [2.45, 2.75) is 19.9 Å². The molecular weight excluding hydrogens is 348 g/mol. The molecular formula is C24H24N2O2. The maximum Gasteiger partial charge on any atom is 0.251 e. The fraction of sp³-hybridized carbons (Fsp3) is 0.167. The zero-order valence-corrected chi connectivity index (χ0v) is 15.9. The lowest BCUT2D eigenvalue weighted by molar-refractivity contribution is 0.0950. The van der Waals surface area contributed by atoms with Crippen LogP contribution in [0, 0.1) is 6.92 Å². The molecule has 3 aromatic rings. The van der Waals surface area contributed by atoms with Crippen molar-refractivity contribution in [1.29, 1.82) is 0 Å². The Labute approximate surface area is 165 Å². The third kappa shape index (κ3) is 5.55. The zero-order valence-electron chi connectivity index (χ0n) is 15.9. The Morgan fingerprint density at radius 3 is 2.04 bits per heavy atom. The van der Waals surface area contributed by atoms with E-state index in [0.717, 1.165) is 12.0 Å². The predicted octanol–water partition coefficient (Wildman–Crippen LogP) is 3.90. The number of benzene rings is 3. The van der Waals surface area contributed by atoms with Gasteiger partial charge in [0.25, 0.3) is 11.8 Å². The number of carbonyl (C=O) groups excluding carboxylic acids is 2. The first kappa shape index (κ1) is 19.4. The normalized spacial score (nSPS) is 10.3. The van der Waals surface area contributed by atoms with Gasteiger partial charge in [-0.3, -0.25) is 9.59 Å². The molecule has 28 heavy (non-hydrogen) atoms. The molecule has 0 spiro atoms. The summed E-state index contributed by atoms with van der Waals surface area (Å²) >= 11 is 0. The fourth-order valence-corrected chi connectivity index (χ4v) is 2.86. The monoisotopic (exact) mass is 372 g/mol. The molecule has 0 saturated heterocycles. The van der Waals surface area contributed by atoms with E-state index in [1.54, 1.807) is 24.3 Å². The highest BCUT2D eigenvalue weighted by Crippen LogP contribution is 2.07. The summed E-state index contributed by atoms with van der Waals surface area (Å²) in [7, 11) is 0. The molecule has 142 valence electrons. The Morgan fingerprint density at radius 2 is 1.36 bits per heavy atom. The average Bonchev–Trinajstić information content (AvgIpc) is 2.74. The Hall–Kier alpha value is -3.40. The van der Waals surface area contributed by atoms with E-state index < -0.39 is 0 Å². The van der Waals surface area contributed by atoms with Crippen LogP contribution < -0.4 is 10.6 Å². The van der Waals surface area contributed by atoms with Gasteiger partial charge >= 0.3 is 0 Å². The molecule has 0 aliphatic carbocycles. The Morgan fingerprint density at radius 1 is 0.714 bits per heavy atom. The van der Waals surface area contributed by atoms with Crippen LogP contribution in [-0.4, -0.2) is 18.4 Å². The number of hydrogen-bond donors (Lipinski definition) is 2. The summed E-state index contributed by atoms with van der Waals surface area (Å²) in [5, 5.41) is 5.80. The van der Waals surface area contributed by atoms with Gasteiger partial charge in [-0.15, -0.1) is 0 Å². The van der Waals surface area contributed by atoms with Gasteiger partial charge in [-0.25, -0.2) is 0 Å². The van der Waals surface area contributed by atoms with Crippen LogP contribution in [0.4, 0.5) is 0 Å². The molecule has 0 fully saturated rings. The molecule has 0 heterocycles. The van der Waals surface area contributed by atoms with Crippen molar-refractivity contribution in [1.82, 2.24) is 10.6 Å². The molecule has 3 rings (SSSR count). The number of rotatable bonds is 7. The van der Waals surface area contributed by atoms with Gasteiger partial charge in [-0.2, -0.15) is 0 Å². The molecule has 0 bridgehead atoms. The lowest BCUT2D eigenvalue weighted by atomic mass is 10.1.